The third-order valence-corrected chi connectivity index (χ3v) is 4.66. The van der Waals surface area contributed by atoms with Crippen LogP contribution in [0.2, 0.25) is 0 Å². The van der Waals surface area contributed by atoms with Gasteiger partial charge in [0.15, 0.2) is 0 Å². The topological polar surface area (TPSA) is 70.5 Å². The van der Waals surface area contributed by atoms with E-state index in [1.54, 1.807) is 16.7 Å². The van der Waals surface area contributed by atoms with Crippen molar-refractivity contribution in [1.82, 2.24) is 14.7 Å². The largest absolute Gasteiger partial charge is 0.323 e. The Morgan fingerprint density at radius 2 is 1.96 bits per heavy atom. The minimum absolute atomic E-state index is 0.0746. The third-order valence-electron chi connectivity index (χ3n) is 4.66. The first-order valence-corrected chi connectivity index (χ1v) is 9.35. The summed E-state index contributed by atoms with van der Waals surface area (Å²) in [6.45, 7) is 9.55. The number of anilines is 2. The number of piperazine rings is 1. The first kappa shape index (κ1) is 18.9. The molecule has 0 aliphatic carbocycles. The number of rotatable bonds is 4. The van der Waals surface area contributed by atoms with Gasteiger partial charge < -0.3 is 9.80 Å². The van der Waals surface area contributed by atoms with Crippen molar-refractivity contribution in [3.63, 3.8) is 0 Å². The van der Waals surface area contributed by atoms with Crippen molar-refractivity contribution in [2.45, 2.75) is 40.3 Å². The molecule has 3 rings (SSSR count). The van der Waals surface area contributed by atoms with Gasteiger partial charge >= 0.3 is 6.03 Å². The van der Waals surface area contributed by atoms with E-state index in [1.807, 2.05) is 48.0 Å². The number of aromatic nitrogens is 2. The van der Waals surface area contributed by atoms with Gasteiger partial charge in [-0.2, -0.15) is 5.10 Å². The maximum absolute atomic E-state index is 12.8. The summed E-state index contributed by atoms with van der Waals surface area (Å²) in [7, 11) is 0. The Balaban J connectivity index is 1.71. The number of urea groups is 1. The molecule has 7 heteroatoms. The maximum atomic E-state index is 12.8. The van der Waals surface area contributed by atoms with Gasteiger partial charge in [-0.3, -0.25) is 10.1 Å². The first-order chi connectivity index (χ1) is 12.9. The Morgan fingerprint density at radius 3 is 2.63 bits per heavy atom. The summed E-state index contributed by atoms with van der Waals surface area (Å²) in [5.74, 6) is 1.00. The van der Waals surface area contributed by atoms with Crippen molar-refractivity contribution in [2.24, 2.45) is 5.92 Å². The maximum Gasteiger partial charge on any atom is 0.323 e. The molecule has 7 nitrogen and oxygen atoms in total. The number of nitrogens with one attached hydrogen (secondary N) is 1. The molecule has 0 bridgehead atoms. The monoisotopic (exact) mass is 369 g/mol. The molecule has 2 heterocycles. The van der Waals surface area contributed by atoms with Crippen LogP contribution in [-0.4, -0.2) is 45.8 Å². The highest BCUT2D eigenvalue weighted by Crippen LogP contribution is 2.21. The lowest BCUT2D eigenvalue weighted by atomic mass is 10.1. The second-order valence-corrected chi connectivity index (χ2v) is 7.37. The molecule has 2 aromatic rings. The predicted octanol–water partition coefficient (Wildman–Crippen LogP) is 3.12. The molecule has 0 radical (unpaired) electrons. The van der Waals surface area contributed by atoms with Crippen LogP contribution >= 0.6 is 0 Å². The van der Waals surface area contributed by atoms with Crippen molar-refractivity contribution in [2.75, 3.05) is 23.3 Å². The van der Waals surface area contributed by atoms with Gasteiger partial charge in [0.1, 0.15) is 11.9 Å². The zero-order valence-corrected chi connectivity index (χ0v) is 16.3. The number of hydrogen-bond donors (Lipinski definition) is 1. The van der Waals surface area contributed by atoms with Crippen LogP contribution < -0.4 is 10.2 Å². The van der Waals surface area contributed by atoms with Crippen LogP contribution in [-0.2, 0) is 11.3 Å². The third kappa shape index (κ3) is 4.13. The Labute approximate surface area is 159 Å². The van der Waals surface area contributed by atoms with Crippen molar-refractivity contribution in [3.05, 3.63) is 42.1 Å². The summed E-state index contributed by atoms with van der Waals surface area (Å²) >= 11 is 0. The van der Waals surface area contributed by atoms with E-state index in [0.717, 1.165) is 17.9 Å². The fourth-order valence-electron chi connectivity index (χ4n) is 3.32. The highest BCUT2D eigenvalue weighted by atomic mass is 16.2. The summed E-state index contributed by atoms with van der Waals surface area (Å²) in [5.41, 5.74) is 1.71. The van der Waals surface area contributed by atoms with Crippen LogP contribution in [0.25, 0.3) is 0 Å². The van der Waals surface area contributed by atoms with Gasteiger partial charge in [0.05, 0.1) is 5.69 Å². The van der Waals surface area contributed by atoms with Crippen LogP contribution in [0.4, 0.5) is 16.3 Å². The first-order valence-electron chi connectivity index (χ1n) is 9.35. The molecule has 0 unspecified atom stereocenters. The summed E-state index contributed by atoms with van der Waals surface area (Å²) in [4.78, 5) is 28.9. The van der Waals surface area contributed by atoms with E-state index in [4.69, 9.17) is 0 Å². The molecule has 3 amide bonds. The van der Waals surface area contributed by atoms with E-state index in [2.05, 4.69) is 24.3 Å². The van der Waals surface area contributed by atoms with Crippen molar-refractivity contribution in [3.8, 4) is 0 Å². The molecule has 1 fully saturated rings. The lowest BCUT2D eigenvalue weighted by Crippen LogP contribution is -2.58. The SMILES string of the molecule is Cc1cc(NC(=O)N2CCN(c3ccccc3)C(=O)[C@H]2C)n(CC(C)C)n1. The van der Waals surface area contributed by atoms with E-state index in [9.17, 15) is 9.59 Å². The zero-order valence-electron chi connectivity index (χ0n) is 16.3. The number of carbonyl (C=O) groups is 2. The summed E-state index contributed by atoms with van der Waals surface area (Å²) in [5, 5.41) is 7.37. The van der Waals surface area contributed by atoms with E-state index >= 15 is 0 Å². The van der Waals surface area contributed by atoms with Crippen molar-refractivity contribution < 1.29 is 9.59 Å². The lowest BCUT2D eigenvalue weighted by molar-refractivity contribution is -0.123. The van der Waals surface area contributed by atoms with Gasteiger partial charge in [0.2, 0.25) is 5.91 Å². The average molecular weight is 369 g/mol. The van der Waals surface area contributed by atoms with Crippen molar-refractivity contribution in [1.29, 1.82) is 0 Å². The van der Waals surface area contributed by atoms with E-state index in [0.29, 0.717) is 24.8 Å². The van der Waals surface area contributed by atoms with Crippen molar-refractivity contribution >= 4 is 23.4 Å². The van der Waals surface area contributed by atoms with Crippen LogP contribution in [0, 0.1) is 12.8 Å². The van der Waals surface area contributed by atoms with Crippen LogP contribution in [0.3, 0.4) is 0 Å². The number of aryl methyl sites for hydroxylation is 1. The number of carbonyl (C=O) groups excluding carboxylic acids is 2. The molecule has 1 aromatic carbocycles. The van der Waals surface area contributed by atoms with Gasteiger partial charge in [-0.15, -0.1) is 0 Å². The summed E-state index contributed by atoms with van der Waals surface area (Å²) < 4.78 is 1.81. The molecule has 1 saturated heterocycles. The molecule has 1 aromatic heterocycles. The molecule has 1 N–H and O–H groups in total. The minimum Gasteiger partial charge on any atom is -0.311 e. The molecular weight excluding hydrogens is 342 g/mol. The van der Waals surface area contributed by atoms with E-state index in [1.165, 1.54) is 0 Å². The van der Waals surface area contributed by atoms with Crippen LogP contribution in [0.5, 0.6) is 0 Å². The molecule has 0 saturated carbocycles. The Kier molecular flexibility index (Phi) is 5.48. The van der Waals surface area contributed by atoms with Gasteiger partial charge in [-0.1, -0.05) is 32.0 Å². The second kappa shape index (κ2) is 7.82. The quantitative estimate of drug-likeness (QED) is 0.900. The average Bonchev–Trinajstić information content (AvgIpc) is 2.96. The highest BCUT2D eigenvalue weighted by molar-refractivity contribution is 6.01. The van der Waals surface area contributed by atoms with Gasteiger partial charge in [0, 0.05) is 31.4 Å². The standard InChI is InChI=1S/C20H27N5O2/c1-14(2)13-25-18(12-15(3)22-25)21-20(27)23-10-11-24(19(26)16(23)4)17-8-6-5-7-9-17/h5-9,12,14,16H,10-11,13H2,1-4H3,(H,21,27)/t16-/m1/s1. The Hall–Kier alpha value is -2.83. The fourth-order valence-corrected chi connectivity index (χ4v) is 3.32. The number of nitrogens with zero attached hydrogens (tertiary/aromatic N) is 4. The van der Waals surface area contributed by atoms with Crippen LogP contribution in [0.15, 0.2) is 36.4 Å². The van der Waals surface area contributed by atoms with Gasteiger partial charge in [0.25, 0.3) is 0 Å². The number of hydrogen-bond acceptors (Lipinski definition) is 3. The number of amides is 3. The van der Waals surface area contributed by atoms with Crippen LogP contribution in [0.1, 0.15) is 26.5 Å². The molecule has 0 spiro atoms. The van der Waals surface area contributed by atoms with Gasteiger partial charge in [-0.25, -0.2) is 9.48 Å². The molecule has 1 aliphatic rings. The van der Waals surface area contributed by atoms with E-state index in [-0.39, 0.29) is 11.9 Å². The molecule has 144 valence electrons. The lowest BCUT2D eigenvalue weighted by Gasteiger charge is -2.39. The van der Waals surface area contributed by atoms with E-state index < -0.39 is 6.04 Å². The minimum atomic E-state index is -0.526. The normalized spacial score (nSPS) is 17.5. The number of para-hydroxylation sites is 1. The second-order valence-electron chi connectivity index (χ2n) is 7.37. The van der Waals surface area contributed by atoms with Gasteiger partial charge in [-0.05, 0) is 31.9 Å². The number of benzene rings is 1. The molecule has 1 atom stereocenters. The summed E-state index contributed by atoms with van der Waals surface area (Å²) in [6, 6.07) is 10.6. The predicted molar refractivity (Wildman–Crippen MR) is 106 cm³/mol. The Bertz CT molecular complexity index is 815. The smallest absolute Gasteiger partial charge is 0.311 e. The fraction of sp³-hybridized carbons (Fsp3) is 0.450. The highest BCUT2D eigenvalue weighted by Gasteiger charge is 2.35. The molecular formula is C20H27N5O2. The molecule has 27 heavy (non-hydrogen) atoms. The Morgan fingerprint density at radius 1 is 1.26 bits per heavy atom. The molecule has 1 aliphatic heterocycles. The zero-order chi connectivity index (χ0) is 19.6. The summed E-state index contributed by atoms with van der Waals surface area (Å²) in [6.07, 6.45) is 0.